The summed E-state index contributed by atoms with van der Waals surface area (Å²) >= 11 is 0. The molecule has 2 N–H and O–H groups in total. The normalized spacial score (nSPS) is 18.1. The maximum Gasteiger partial charge on any atom is 0.270 e. The molecule has 0 spiro atoms. The molecule has 102 valence electrons. The summed E-state index contributed by atoms with van der Waals surface area (Å²) in [7, 11) is -3.69. The van der Waals surface area contributed by atoms with Crippen LogP contribution in [0.4, 0.5) is 5.82 Å². The zero-order chi connectivity index (χ0) is 13.2. The highest BCUT2D eigenvalue weighted by atomic mass is 32.2. The maximum absolute atomic E-state index is 12.3. The van der Waals surface area contributed by atoms with Crippen LogP contribution >= 0.6 is 0 Å². The third-order valence-corrected chi connectivity index (χ3v) is 4.42. The molecule has 1 fully saturated rings. The Kier molecular flexibility index (Phi) is 3.88. The van der Waals surface area contributed by atoms with Gasteiger partial charge in [0.05, 0.1) is 6.61 Å². The van der Waals surface area contributed by atoms with Crippen LogP contribution in [0.2, 0.25) is 0 Å². The Morgan fingerprint density at radius 2 is 2.28 bits per heavy atom. The number of anilines is 1. The third-order valence-electron chi connectivity index (χ3n) is 2.72. The molecule has 2 heterocycles. The lowest BCUT2D eigenvalue weighted by Gasteiger charge is -2.24. The minimum Gasteiger partial charge on any atom is -0.381 e. The number of aromatic nitrogens is 2. The van der Waals surface area contributed by atoms with Crippen LogP contribution in [-0.2, 0) is 21.4 Å². The highest BCUT2D eigenvalue weighted by Crippen LogP contribution is 2.23. The summed E-state index contributed by atoms with van der Waals surface area (Å²) in [6.45, 7) is 3.41. The van der Waals surface area contributed by atoms with Gasteiger partial charge in [0.1, 0.15) is 4.90 Å². The molecule has 0 bridgehead atoms. The Balaban J connectivity index is 2.28. The second-order valence-electron chi connectivity index (χ2n) is 4.21. The second-order valence-corrected chi connectivity index (χ2v) is 6.01. The monoisotopic (exact) mass is 274 g/mol. The minimum absolute atomic E-state index is 0.0256. The van der Waals surface area contributed by atoms with Gasteiger partial charge in [-0.25, -0.2) is 8.42 Å². The van der Waals surface area contributed by atoms with Crippen LogP contribution in [0.25, 0.3) is 0 Å². The molecular weight excluding hydrogens is 256 g/mol. The lowest BCUT2D eigenvalue weighted by atomic mass is 10.3. The first-order chi connectivity index (χ1) is 8.55. The maximum atomic E-state index is 12.3. The molecule has 0 unspecified atom stereocenters. The topological polar surface area (TPSA) is 90.5 Å². The Bertz CT molecular complexity index is 505. The van der Waals surface area contributed by atoms with E-state index in [-0.39, 0.29) is 10.7 Å². The number of nitrogen functional groups attached to an aromatic ring is 1. The molecule has 1 aromatic rings. The van der Waals surface area contributed by atoms with E-state index < -0.39 is 10.0 Å². The predicted molar refractivity (Wildman–Crippen MR) is 66.0 cm³/mol. The van der Waals surface area contributed by atoms with Gasteiger partial charge in [-0.2, -0.15) is 5.10 Å². The number of hydroxylamine groups is 1. The Hall–Kier alpha value is -1.12. The molecule has 1 aromatic heterocycles. The molecule has 18 heavy (non-hydrogen) atoms. The van der Waals surface area contributed by atoms with Gasteiger partial charge in [0.15, 0.2) is 5.82 Å². The molecule has 7 nitrogen and oxygen atoms in total. The molecule has 0 saturated carbocycles. The molecule has 1 aliphatic rings. The van der Waals surface area contributed by atoms with Crippen molar-refractivity contribution in [2.45, 2.75) is 37.6 Å². The van der Waals surface area contributed by atoms with Crippen LogP contribution in [0.1, 0.15) is 26.2 Å². The summed E-state index contributed by atoms with van der Waals surface area (Å²) in [4.78, 5) is 5.20. The zero-order valence-electron chi connectivity index (χ0n) is 10.4. The number of nitrogens with two attached hydrogens (primary N) is 1. The fourth-order valence-electron chi connectivity index (χ4n) is 1.83. The Labute approximate surface area is 107 Å². The molecule has 0 atom stereocenters. The van der Waals surface area contributed by atoms with Crippen LogP contribution in [0.3, 0.4) is 0 Å². The molecule has 0 radical (unpaired) electrons. The number of nitrogens with zero attached hydrogens (tertiary/aromatic N) is 3. The van der Waals surface area contributed by atoms with Gasteiger partial charge in [-0.15, -0.1) is 0 Å². The van der Waals surface area contributed by atoms with E-state index >= 15 is 0 Å². The summed E-state index contributed by atoms with van der Waals surface area (Å²) in [5.41, 5.74) is 5.67. The molecule has 2 rings (SSSR count). The van der Waals surface area contributed by atoms with Gasteiger partial charge in [0, 0.05) is 19.3 Å². The lowest BCUT2D eigenvalue weighted by Crippen LogP contribution is -2.35. The quantitative estimate of drug-likeness (QED) is 0.867. The zero-order valence-corrected chi connectivity index (χ0v) is 11.2. The van der Waals surface area contributed by atoms with Crippen molar-refractivity contribution in [1.29, 1.82) is 0 Å². The highest BCUT2D eigenvalue weighted by molar-refractivity contribution is 7.89. The molecule has 1 aliphatic heterocycles. The van der Waals surface area contributed by atoms with Crippen molar-refractivity contribution in [1.82, 2.24) is 14.2 Å². The molecule has 0 aliphatic carbocycles. The second kappa shape index (κ2) is 5.25. The first-order valence-corrected chi connectivity index (χ1v) is 7.48. The van der Waals surface area contributed by atoms with E-state index in [1.165, 1.54) is 6.20 Å². The SMILES string of the molecule is CCCn1cc(S(=O)(=O)N2CCCCO2)c(N)n1. The average Bonchev–Trinajstić information content (AvgIpc) is 2.73. The molecule has 0 aromatic carbocycles. The van der Waals surface area contributed by atoms with E-state index in [0.717, 1.165) is 23.7 Å². The van der Waals surface area contributed by atoms with Crippen molar-refractivity contribution < 1.29 is 13.3 Å². The molecule has 8 heteroatoms. The third kappa shape index (κ3) is 2.50. The van der Waals surface area contributed by atoms with Gasteiger partial charge in [-0.1, -0.05) is 11.4 Å². The van der Waals surface area contributed by atoms with Crippen molar-refractivity contribution in [3.8, 4) is 0 Å². The summed E-state index contributed by atoms with van der Waals surface area (Å²) in [5, 5.41) is 3.99. The van der Waals surface area contributed by atoms with E-state index in [9.17, 15) is 8.42 Å². The van der Waals surface area contributed by atoms with Crippen molar-refractivity contribution in [3.63, 3.8) is 0 Å². The Morgan fingerprint density at radius 1 is 1.50 bits per heavy atom. The minimum atomic E-state index is -3.69. The fourth-order valence-corrected chi connectivity index (χ4v) is 3.20. The summed E-state index contributed by atoms with van der Waals surface area (Å²) in [5.74, 6) is 0.0256. The van der Waals surface area contributed by atoms with Crippen LogP contribution in [-0.4, -0.2) is 35.8 Å². The van der Waals surface area contributed by atoms with Gasteiger partial charge in [0.2, 0.25) is 0 Å². The Morgan fingerprint density at radius 3 is 2.89 bits per heavy atom. The van der Waals surface area contributed by atoms with Gasteiger partial charge in [0.25, 0.3) is 10.0 Å². The van der Waals surface area contributed by atoms with E-state index in [1.807, 2.05) is 6.92 Å². The number of sulfonamides is 1. The van der Waals surface area contributed by atoms with Gasteiger partial charge in [-0.3, -0.25) is 9.52 Å². The van der Waals surface area contributed by atoms with Gasteiger partial charge >= 0.3 is 0 Å². The lowest BCUT2D eigenvalue weighted by molar-refractivity contribution is -0.108. The van der Waals surface area contributed by atoms with Crippen molar-refractivity contribution in [2.75, 3.05) is 18.9 Å². The summed E-state index contributed by atoms with van der Waals surface area (Å²) in [6, 6.07) is 0. The molecule has 0 amide bonds. The van der Waals surface area contributed by atoms with Crippen molar-refractivity contribution >= 4 is 15.8 Å². The molecule has 1 saturated heterocycles. The van der Waals surface area contributed by atoms with Crippen molar-refractivity contribution in [3.05, 3.63) is 6.20 Å². The summed E-state index contributed by atoms with van der Waals surface area (Å²) < 4.78 is 27.1. The van der Waals surface area contributed by atoms with Crippen molar-refractivity contribution in [2.24, 2.45) is 0 Å². The first kappa shape index (κ1) is 13.3. The van der Waals surface area contributed by atoms with Crippen LogP contribution in [0.15, 0.2) is 11.1 Å². The highest BCUT2D eigenvalue weighted by Gasteiger charge is 2.31. The number of hydrogen-bond donors (Lipinski definition) is 1. The molecular formula is C10H18N4O3S. The van der Waals surface area contributed by atoms with Gasteiger partial charge in [-0.05, 0) is 19.3 Å². The predicted octanol–water partition coefficient (Wildman–Crippen LogP) is 0.591. The first-order valence-electron chi connectivity index (χ1n) is 6.04. The van der Waals surface area contributed by atoms with Gasteiger partial charge < -0.3 is 5.73 Å². The smallest absolute Gasteiger partial charge is 0.270 e. The van der Waals surface area contributed by atoms with Crippen LogP contribution in [0.5, 0.6) is 0 Å². The summed E-state index contributed by atoms with van der Waals surface area (Å²) in [6.07, 6.45) is 3.99. The standard InChI is InChI=1S/C10H18N4O3S/c1-2-5-13-8-9(10(11)12-13)18(15,16)14-6-3-4-7-17-14/h8H,2-7H2,1H3,(H2,11,12). The van der Waals surface area contributed by atoms with Crippen LogP contribution in [0, 0.1) is 0 Å². The van der Waals surface area contributed by atoms with E-state index in [4.69, 9.17) is 10.6 Å². The largest absolute Gasteiger partial charge is 0.381 e. The van der Waals surface area contributed by atoms with E-state index in [1.54, 1.807) is 4.68 Å². The number of hydrogen-bond acceptors (Lipinski definition) is 5. The number of rotatable bonds is 4. The fraction of sp³-hybridized carbons (Fsp3) is 0.700. The van der Waals surface area contributed by atoms with E-state index in [2.05, 4.69) is 5.10 Å². The van der Waals surface area contributed by atoms with E-state index in [0.29, 0.717) is 19.7 Å². The average molecular weight is 274 g/mol. The van der Waals surface area contributed by atoms with Crippen LogP contribution < -0.4 is 5.73 Å². The number of aryl methyl sites for hydroxylation is 1.